The number of esters is 4. The first kappa shape index (κ1) is 50.7. The smallest absolute Gasteiger partial charge is 0.303 e. The number of ketones is 1. The number of hydrogen-bond donors (Lipinski definition) is 1. The topological polar surface area (TPSA) is 189 Å². The van der Waals surface area contributed by atoms with Crippen molar-refractivity contribution in [3.8, 4) is 0 Å². The Morgan fingerprint density at radius 2 is 1.39 bits per heavy atom. The van der Waals surface area contributed by atoms with E-state index in [9.17, 15) is 29.1 Å². The SMILES string of the molecule is CC(=O)OC[C@H]1OC(O[C@H]2C[C@@H]3[C@]4(CC[C@]5(C)[C@@H]([C@@]6(C)CC[C@@H](C(C)(C)O)O6)C(=O)C[C@@]35C)C[C@@]43CC[C@H](OC4OC[C@@H](C)[C@H](C)[C@H]4OC(C)=O)C(C)(C)[C@H]23)[C@H](C)[C@@H](OC(C)=O)[C@@H]1OC(C)=O. The number of fused-ring (bicyclic) bond motifs is 2. The zero-order valence-electron chi connectivity index (χ0n) is 42.6. The number of rotatable bonds is 11. The first-order valence-corrected chi connectivity index (χ1v) is 25.2. The second-order valence-corrected chi connectivity index (χ2v) is 24.4. The van der Waals surface area contributed by atoms with Gasteiger partial charge in [-0.2, -0.15) is 0 Å². The molecule has 0 bridgehead atoms. The number of carbonyl (C=O) groups is 5. The van der Waals surface area contributed by atoms with E-state index in [2.05, 4.69) is 48.5 Å². The summed E-state index contributed by atoms with van der Waals surface area (Å²) in [6.07, 6.45) is 0.322. The third-order valence-corrected chi connectivity index (χ3v) is 19.6. The molecule has 20 atom stereocenters. The average molecular weight is 945 g/mol. The predicted octanol–water partition coefficient (Wildman–Crippen LogP) is 7.04. The van der Waals surface area contributed by atoms with Crippen LogP contribution in [0.1, 0.15) is 155 Å². The normalized spacial score (nSPS) is 48.8. The van der Waals surface area contributed by atoms with E-state index < -0.39 is 94.4 Å². The average Bonchev–Trinajstić information content (AvgIpc) is 3.57. The predicted molar refractivity (Wildman–Crippen MR) is 240 cm³/mol. The Morgan fingerprint density at radius 1 is 0.746 bits per heavy atom. The van der Waals surface area contributed by atoms with E-state index >= 15 is 0 Å². The molecule has 5 aliphatic carbocycles. The highest BCUT2D eigenvalue weighted by Crippen LogP contribution is 2.89. The maximum Gasteiger partial charge on any atom is 0.303 e. The Labute approximate surface area is 397 Å². The Morgan fingerprint density at radius 3 is 2.00 bits per heavy atom. The van der Waals surface area contributed by atoms with Crippen LogP contribution in [0.5, 0.6) is 0 Å². The van der Waals surface area contributed by atoms with Crippen molar-refractivity contribution in [1.29, 1.82) is 0 Å². The summed E-state index contributed by atoms with van der Waals surface area (Å²) in [7, 11) is 0. The van der Waals surface area contributed by atoms with Crippen LogP contribution in [-0.4, -0.2) is 114 Å². The molecule has 0 aromatic heterocycles. The molecule has 3 aliphatic heterocycles. The van der Waals surface area contributed by atoms with Crippen molar-refractivity contribution in [1.82, 2.24) is 0 Å². The zero-order valence-corrected chi connectivity index (χ0v) is 42.6. The number of hydrogen-bond acceptors (Lipinski definition) is 15. The minimum absolute atomic E-state index is 0.0119. The van der Waals surface area contributed by atoms with Gasteiger partial charge in [0.25, 0.3) is 0 Å². The standard InChI is InChI=1S/C52H80O15/c1-26-23-60-45(40(27(26)2)62-31(6)55)66-37-16-18-52-25-51(52)20-19-48(12)42(50(14)17-15-38(67-50)47(10,11)58)33(57)22-49(48,13)36(51)21-34(43(52)46(37,8)9)64-44-28(3)39(61-30(5)54)41(63-32(7)56)35(65-44)24-59-29(4)53/h26-28,34-45,58H,15-25H2,1-14H3/t26-,27+,28-,34+,35-,36+,37+,38+,39-,40-,41-,42+,43+,44?,45?,48-,49+,50-,51+,52-/m1/s1. The maximum absolute atomic E-state index is 14.9. The summed E-state index contributed by atoms with van der Waals surface area (Å²) in [5, 5.41) is 11.1. The van der Waals surface area contributed by atoms with Crippen LogP contribution in [0.25, 0.3) is 0 Å². The van der Waals surface area contributed by atoms with Crippen molar-refractivity contribution >= 4 is 29.7 Å². The van der Waals surface area contributed by atoms with Crippen molar-refractivity contribution in [2.75, 3.05) is 13.2 Å². The molecule has 0 amide bonds. The van der Waals surface area contributed by atoms with Crippen LogP contribution in [0.2, 0.25) is 0 Å². The summed E-state index contributed by atoms with van der Waals surface area (Å²) < 4.78 is 57.6. The van der Waals surface area contributed by atoms with Crippen LogP contribution in [0.15, 0.2) is 0 Å². The summed E-state index contributed by atoms with van der Waals surface area (Å²) in [5.74, 6) is -2.67. The molecule has 8 fully saturated rings. The summed E-state index contributed by atoms with van der Waals surface area (Å²) in [5.41, 5.74) is -3.36. The van der Waals surface area contributed by atoms with Gasteiger partial charge in [-0.1, -0.05) is 48.5 Å². The van der Waals surface area contributed by atoms with Crippen LogP contribution in [0.3, 0.4) is 0 Å². The summed E-state index contributed by atoms with van der Waals surface area (Å²) in [4.78, 5) is 64.8. The lowest BCUT2D eigenvalue weighted by Crippen LogP contribution is -2.65. The molecule has 15 heteroatoms. The third kappa shape index (κ3) is 8.20. The second-order valence-electron chi connectivity index (χ2n) is 24.4. The van der Waals surface area contributed by atoms with E-state index in [-0.39, 0.29) is 71.0 Å². The number of aliphatic hydroxyl groups is 1. The summed E-state index contributed by atoms with van der Waals surface area (Å²) in [6.45, 7) is 26.3. The van der Waals surface area contributed by atoms with Gasteiger partial charge in [-0.25, -0.2) is 0 Å². The molecular weight excluding hydrogens is 865 g/mol. The van der Waals surface area contributed by atoms with E-state index in [1.807, 2.05) is 6.92 Å². The minimum atomic E-state index is -1.08. The van der Waals surface area contributed by atoms with Crippen molar-refractivity contribution < 1.29 is 71.7 Å². The van der Waals surface area contributed by atoms with Gasteiger partial charge >= 0.3 is 23.9 Å². The molecule has 0 aromatic rings. The molecule has 15 nitrogen and oxygen atoms in total. The number of Topliss-reactive ketones (excluding diaryl/α,β-unsaturated/α-hetero) is 1. The van der Waals surface area contributed by atoms with E-state index in [0.717, 1.165) is 32.1 Å². The monoisotopic (exact) mass is 945 g/mol. The van der Waals surface area contributed by atoms with E-state index in [0.29, 0.717) is 32.3 Å². The molecule has 0 radical (unpaired) electrons. The molecule has 5 saturated carbocycles. The molecule has 8 aliphatic rings. The second kappa shape index (κ2) is 17.3. The van der Waals surface area contributed by atoms with Gasteiger partial charge in [0.15, 0.2) is 24.8 Å². The highest BCUT2D eigenvalue weighted by molar-refractivity contribution is 5.87. The Kier molecular flexibility index (Phi) is 13.1. The van der Waals surface area contributed by atoms with Crippen molar-refractivity contribution in [2.24, 2.45) is 62.6 Å². The van der Waals surface area contributed by atoms with Gasteiger partial charge in [-0.3, -0.25) is 24.0 Å². The third-order valence-electron chi connectivity index (χ3n) is 19.6. The summed E-state index contributed by atoms with van der Waals surface area (Å²) >= 11 is 0. The Hall–Kier alpha value is -2.69. The lowest BCUT2D eigenvalue weighted by atomic mass is 9.41. The lowest BCUT2D eigenvalue weighted by Gasteiger charge is -2.65. The van der Waals surface area contributed by atoms with Crippen LogP contribution < -0.4 is 0 Å². The zero-order chi connectivity index (χ0) is 49.2. The quantitative estimate of drug-likeness (QED) is 0.126. The highest BCUT2D eigenvalue weighted by atomic mass is 16.7. The van der Waals surface area contributed by atoms with Gasteiger partial charge in [0.2, 0.25) is 0 Å². The molecule has 2 unspecified atom stereocenters. The lowest BCUT2D eigenvalue weighted by molar-refractivity contribution is -0.329. The highest BCUT2D eigenvalue weighted by Gasteiger charge is 2.85. The molecule has 8 rings (SSSR count). The maximum atomic E-state index is 14.9. The van der Waals surface area contributed by atoms with Crippen LogP contribution in [0.4, 0.5) is 0 Å². The molecular formula is C52H80O15. The van der Waals surface area contributed by atoms with Gasteiger partial charge in [0.1, 0.15) is 24.6 Å². The Balaban J connectivity index is 1.18. The van der Waals surface area contributed by atoms with Gasteiger partial charge in [-0.15, -0.1) is 0 Å². The van der Waals surface area contributed by atoms with Crippen LogP contribution in [-0.2, 0) is 66.6 Å². The van der Waals surface area contributed by atoms with Gasteiger partial charge in [-0.05, 0) is 117 Å². The molecule has 2 spiro atoms. The molecule has 0 aromatic carbocycles. The van der Waals surface area contributed by atoms with E-state index in [4.69, 9.17) is 42.6 Å². The molecule has 1 N–H and O–H groups in total. The van der Waals surface area contributed by atoms with Gasteiger partial charge in [0, 0.05) is 46.0 Å². The minimum Gasteiger partial charge on any atom is -0.463 e. The fraction of sp³-hybridized carbons (Fsp3) is 0.904. The van der Waals surface area contributed by atoms with E-state index in [1.165, 1.54) is 27.7 Å². The molecule has 3 saturated heterocycles. The van der Waals surface area contributed by atoms with Crippen LogP contribution in [0, 0.1) is 62.6 Å². The van der Waals surface area contributed by atoms with Crippen molar-refractivity contribution in [3.63, 3.8) is 0 Å². The van der Waals surface area contributed by atoms with Crippen molar-refractivity contribution in [2.45, 2.75) is 221 Å². The van der Waals surface area contributed by atoms with Crippen molar-refractivity contribution in [3.05, 3.63) is 0 Å². The molecule has 67 heavy (non-hydrogen) atoms. The Bertz CT molecular complexity index is 1960. The summed E-state index contributed by atoms with van der Waals surface area (Å²) in [6, 6.07) is 0. The van der Waals surface area contributed by atoms with E-state index in [1.54, 1.807) is 13.8 Å². The number of carbonyl (C=O) groups excluding carboxylic acids is 5. The van der Waals surface area contributed by atoms with Gasteiger partial charge < -0.3 is 47.7 Å². The fourth-order valence-electron chi connectivity index (χ4n) is 16.2. The fourth-order valence-corrected chi connectivity index (χ4v) is 16.2. The first-order valence-electron chi connectivity index (χ1n) is 25.2. The molecule has 3 heterocycles. The van der Waals surface area contributed by atoms with Gasteiger partial charge in [0.05, 0.1) is 42.0 Å². The van der Waals surface area contributed by atoms with Crippen LogP contribution >= 0.6 is 0 Å². The molecule has 378 valence electrons. The first-order chi connectivity index (χ1) is 31.0. The number of ether oxygens (including phenoxy) is 9. The largest absolute Gasteiger partial charge is 0.463 e.